The summed E-state index contributed by atoms with van der Waals surface area (Å²) < 4.78 is 19.4. The van der Waals surface area contributed by atoms with Gasteiger partial charge in [0.1, 0.15) is 18.5 Å². The number of aliphatic hydroxyl groups is 2. The lowest BCUT2D eigenvalue weighted by Gasteiger charge is -2.19. The molecule has 1 aliphatic carbocycles. The van der Waals surface area contributed by atoms with E-state index in [9.17, 15) is 19.4 Å². The van der Waals surface area contributed by atoms with Crippen LogP contribution in [0.4, 0.5) is 14.9 Å². The Morgan fingerprint density at radius 1 is 1.03 bits per heavy atom. The Morgan fingerprint density at radius 2 is 1.66 bits per heavy atom. The van der Waals surface area contributed by atoms with Crippen molar-refractivity contribution in [2.24, 2.45) is 0 Å². The number of ether oxygens (including phenoxy) is 1. The van der Waals surface area contributed by atoms with Crippen LogP contribution in [-0.4, -0.2) is 35.6 Å². The number of carbonyl (C=O) groups excluding carboxylic acids is 1. The van der Waals surface area contributed by atoms with Gasteiger partial charge in [-0.05, 0) is 40.8 Å². The molecule has 0 bridgehead atoms. The first-order valence-electron chi connectivity index (χ1n) is 10.5. The zero-order valence-electron chi connectivity index (χ0n) is 17.4. The van der Waals surface area contributed by atoms with Gasteiger partial charge >= 0.3 is 6.09 Å². The van der Waals surface area contributed by atoms with Crippen molar-refractivity contribution >= 4 is 11.8 Å². The normalized spacial score (nSPS) is 14.3. The molecule has 0 aliphatic heterocycles. The number of amides is 1. The number of rotatable bonds is 7. The number of hydrogen-bond acceptors (Lipinski definition) is 5. The average Bonchev–Trinajstić information content (AvgIpc) is 3.11. The molecule has 0 fully saturated rings. The van der Waals surface area contributed by atoms with E-state index in [1.165, 1.54) is 12.1 Å². The summed E-state index contributed by atoms with van der Waals surface area (Å²) in [5, 5.41) is 22.9. The maximum Gasteiger partial charge on any atom is 0.407 e. The van der Waals surface area contributed by atoms with Crippen LogP contribution in [0.1, 0.15) is 35.1 Å². The Kier molecular flexibility index (Phi) is 6.39. The van der Waals surface area contributed by atoms with Crippen molar-refractivity contribution in [3.05, 3.63) is 89.2 Å². The molecule has 0 heterocycles. The highest BCUT2D eigenvalue weighted by Crippen LogP contribution is 2.44. The first kappa shape index (κ1) is 21.8. The Bertz CT molecular complexity index is 1080. The molecule has 0 saturated heterocycles. The van der Waals surface area contributed by atoms with Crippen LogP contribution in [0.3, 0.4) is 0 Å². The molecule has 3 aromatic rings. The Labute approximate surface area is 185 Å². The fourth-order valence-electron chi connectivity index (χ4n) is 4.12. The molecule has 1 aliphatic rings. The molecule has 6 nitrogen and oxygen atoms in total. The number of carbonyl (C=O) groups is 1. The summed E-state index contributed by atoms with van der Waals surface area (Å²) in [5.74, 6) is -0.741. The van der Waals surface area contributed by atoms with Crippen molar-refractivity contribution in [1.29, 1.82) is 0 Å². The van der Waals surface area contributed by atoms with Crippen molar-refractivity contribution < 1.29 is 24.1 Å². The number of nitrogens with one attached hydrogen (secondary N) is 1. The summed E-state index contributed by atoms with van der Waals surface area (Å²) in [4.78, 5) is 12.2. The standard InChI is InChI=1S/C25H25FN2O4/c26-22-13-15(27)9-10-20(22)24(30)23(29)11-12-28-25(31)32-14-21-18-7-3-1-5-16(18)17-6-2-4-8-19(17)21/h1-10,13,21,23-24,29-30H,11-12,14,27H2,(H,28,31). The van der Waals surface area contributed by atoms with Crippen molar-refractivity contribution in [3.63, 3.8) is 0 Å². The molecule has 1 amide bonds. The number of hydrogen-bond donors (Lipinski definition) is 4. The van der Waals surface area contributed by atoms with E-state index in [0.717, 1.165) is 28.3 Å². The zero-order valence-corrected chi connectivity index (χ0v) is 17.4. The third kappa shape index (κ3) is 4.44. The number of anilines is 1. The Hall–Kier alpha value is -3.42. The quantitative estimate of drug-likeness (QED) is 0.423. The maximum absolute atomic E-state index is 13.9. The predicted molar refractivity (Wildman–Crippen MR) is 119 cm³/mol. The number of nitrogens with two attached hydrogens (primary N) is 1. The molecular weight excluding hydrogens is 411 g/mol. The first-order chi connectivity index (χ1) is 15.5. The third-order valence-electron chi connectivity index (χ3n) is 5.76. The number of aliphatic hydroxyl groups excluding tert-OH is 2. The summed E-state index contributed by atoms with van der Waals surface area (Å²) >= 11 is 0. The van der Waals surface area contributed by atoms with Crippen LogP contribution in [0, 0.1) is 5.82 Å². The van der Waals surface area contributed by atoms with Gasteiger partial charge in [0.05, 0.1) is 6.10 Å². The van der Waals surface area contributed by atoms with Gasteiger partial charge in [-0.15, -0.1) is 0 Å². The lowest BCUT2D eigenvalue weighted by molar-refractivity contribution is 0.0116. The van der Waals surface area contributed by atoms with E-state index in [0.29, 0.717) is 0 Å². The van der Waals surface area contributed by atoms with Crippen molar-refractivity contribution in [1.82, 2.24) is 5.32 Å². The second-order valence-corrected chi connectivity index (χ2v) is 7.83. The minimum absolute atomic E-state index is 0.0230. The molecule has 5 N–H and O–H groups in total. The van der Waals surface area contributed by atoms with Gasteiger partial charge < -0.3 is 26.0 Å². The summed E-state index contributed by atoms with van der Waals surface area (Å²) in [5.41, 5.74) is 10.2. The van der Waals surface area contributed by atoms with E-state index in [-0.39, 0.29) is 36.7 Å². The van der Waals surface area contributed by atoms with Gasteiger partial charge in [0.15, 0.2) is 0 Å². The molecule has 7 heteroatoms. The number of halogens is 1. The van der Waals surface area contributed by atoms with Crippen molar-refractivity contribution in [2.75, 3.05) is 18.9 Å². The van der Waals surface area contributed by atoms with Crippen molar-refractivity contribution in [2.45, 2.75) is 24.5 Å². The van der Waals surface area contributed by atoms with Gasteiger partial charge in [-0.25, -0.2) is 9.18 Å². The van der Waals surface area contributed by atoms with Gasteiger partial charge in [-0.1, -0.05) is 54.6 Å². The Balaban J connectivity index is 1.29. The zero-order chi connectivity index (χ0) is 22.7. The van der Waals surface area contributed by atoms with Crippen LogP contribution in [0.2, 0.25) is 0 Å². The van der Waals surface area contributed by atoms with Crippen LogP contribution in [0.15, 0.2) is 66.7 Å². The number of nitrogen functional groups attached to an aromatic ring is 1. The molecule has 0 spiro atoms. The molecule has 166 valence electrons. The van der Waals surface area contributed by atoms with Crippen LogP contribution in [0.25, 0.3) is 11.1 Å². The lowest BCUT2D eigenvalue weighted by Crippen LogP contribution is -2.30. The van der Waals surface area contributed by atoms with E-state index >= 15 is 0 Å². The van der Waals surface area contributed by atoms with E-state index in [4.69, 9.17) is 10.5 Å². The lowest BCUT2D eigenvalue weighted by atomic mass is 9.98. The molecule has 0 saturated carbocycles. The topological polar surface area (TPSA) is 105 Å². The summed E-state index contributed by atoms with van der Waals surface area (Å²) in [7, 11) is 0. The molecular formula is C25H25FN2O4. The minimum Gasteiger partial charge on any atom is -0.449 e. The third-order valence-corrected chi connectivity index (χ3v) is 5.76. The summed E-state index contributed by atoms with van der Waals surface area (Å²) in [6, 6.07) is 20.0. The number of alkyl carbamates (subject to hydrolysis) is 1. The van der Waals surface area contributed by atoms with Crippen LogP contribution in [-0.2, 0) is 4.74 Å². The highest BCUT2D eigenvalue weighted by molar-refractivity contribution is 5.79. The van der Waals surface area contributed by atoms with E-state index in [1.807, 2.05) is 36.4 Å². The second-order valence-electron chi connectivity index (χ2n) is 7.83. The van der Waals surface area contributed by atoms with Crippen LogP contribution < -0.4 is 11.1 Å². The number of benzene rings is 3. The smallest absolute Gasteiger partial charge is 0.407 e. The molecule has 2 unspecified atom stereocenters. The molecule has 4 rings (SSSR count). The van der Waals surface area contributed by atoms with E-state index in [1.54, 1.807) is 0 Å². The number of fused-ring (bicyclic) bond motifs is 3. The fourth-order valence-corrected chi connectivity index (χ4v) is 4.12. The summed E-state index contributed by atoms with van der Waals surface area (Å²) in [6.45, 7) is 0.243. The summed E-state index contributed by atoms with van der Waals surface area (Å²) in [6.07, 6.45) is -3.29. The maximum atomic E-state index is 13.9. The molecule has 32 heavy (non-hydrogen) atoms. The van der Waals surface area contributed by atoms with E-state index in [2.05, 4.69) is 17.4 Å². The molecule has 0 aromatic heterocycles. The van der Waals surface area contributed by atoms with Gasteiger partial charge in [-0.2, -0.15) is 0 Å². The highest BCUT2D eigenvalue weighted by atomic mass is 19.1. The molecule has 3 aromatic carbocycles. The predicted octanol–water partition coefficient (Wildman–Crippen LogP) is 3.73. The minimum atomic E-state index is -1.43. The monoisotopic (exact) mass is 436 g/mol. The van der Waals surface area contributed by atoms with Gasteiger partial charge in [-0.3, -0.25) is 0 Å². The van der Waals surface area contributed by atoms with Crippen molar-refractivity contribution in [3.8, 4) is 11.1 Å². The first-order valence-corrected chi connectivity index (χ1v) is 10.5. The SMILES string of the molecule is Nc1ccc(C(O)C(O)CCNC(=O)OCC2c3ccccc3-c3ccccc32)c(F)c1. The van der Waals surface area contributed by atoms with E-state index < -0.39 is 24.1 Å². The van der Waals surface area contributed by atoms with Gasteiger partial charge in [0, 0.05) is 23.7 Å². The fraction of sp³-hybridized carbons (Fsp3) is 0.240. The van der Waals surface area contributed by atoms with Crippen LogP contribution >= 0.6 is 0 Å². The average molecular weight is 436 g/mol. The van der Waals surface area contributed by atoms with Gasteiger partial charge in [0.2, 0.25) is 0 Å². The van der Waals surface area contributed by atoms with Gasteiger partial charge in [0.25, 0.3) is 0 Å². The molecule has 0 radical (unpaired) electrons. The molecule has 2 atom stereocenters. The Morgan fingerprint density at radius 3 is 2.28 bits per heavy atom. The largest absolute Gasteiger partial charge is 0.449 e. The van der Waals surface area contributed by atoms with Crippen LogP contribution in [0.5, 0.6) is 0 Å². The second kappa shape index (κ2) is 9.38. The highest BCUT2D eigenvalue weighted by Gasteiger charge is 2.29.